The van der Waals surface area contributed by atoms with Crippen LogP contribution in [0.3, 0.4) is 0 Å². The molecule has 19 heavy (non-hydrogen) atoms. The van der Waals surface area contributed by atoms with Gasteiger partial charge in [-0.1, -0.05) is 5.16 Å². The molecule has 0 spiro atoms. The lowest BCUT2D eigenvalue weighted by Crippen LogP contribution is -2.65. The molecule has 10 nitrogen and oxygen atoms in total. The number of rotatable bonds is 3. The lowest BCUT2D eigenvalue weighted by atomic mass is 10.1. The van der Waals surface area contributed by atoms with Crippen LogP contribution in [-0.2, 0) is 15.0 Å². The summed E-state index contributed by atoms with van der Waals surface area (Å²) in [5.74, 6) is -0.785. The van der Waals surface area contributed by atoms with Crippen molar-refractivity contribution in [3.63, 3.8) is 0 Å². The van der Waals surface area contributed by atoms with Gasteiger partial charge in [0.1, 0.15) is 6.04 Å². The molecular weight excluding hydrogens is 278 g/mol. The molecule has 0 aliphatic carbocycles. The number of aryl methyl sites for hydroxylation is 1. The number of aromatic nitrogens is 1. The molecule has 1 aromatic heterocycles. The summed E-state index contributed by atoms with van der Waals surface area (Å²) in [6.07, 6.45) is 0. The van der Waals surface area contributed by atoms with Crippen LogP contribution in [0.2, 0.25) is 0 Å². The Bertz CT molecular complexity index is 623. The monoisotopic (exact) mass is 289 g/mol. The van der Waals surface area contributed by atoms with E-state index < -0.39 is 28.2 Å². The van der Waals surface area contributed by atoms with Crippen LogP contribution in [0.25, 0.3) is 0 Å². The largest absolute Gasteiger partial charge is 0.339 e. The van der Waals surface area contributed by atoms with Crippen molar-refractivity contribution in [3.05, 3.63) is 11.8 Å². The first-order valence-electron chi connectivity index (χ1n) is 5.13. The van der Waals surface area contributed by atoms with Crippen molar-refractivity contribution in [1.29, 1.82) is 0 Å². The highest BCUT2D eigenvalue weighted by atomic mass is 32.2. The first-order chi connectivity index (χ1) is 8.78. The number of nitrogens with zero attached hydrogens (tertiary/aromatic N) is 2. The SMILES string of the molecule is Cc1cc(NS(=O)(=O)NC(=O)N2CC(N)C2=O)on1. The summed E-state index contributed by atoms with van der Waals surface area (Å²) >= 11 is 0. The summed E-state index contributed by atoms with van der Waals surface area (Å²) in [6, 6.07) is -0.511. The van der Waals surface area contributed by atoms with Gasteiger partial charge in [-0.25, -0.2) is 14.2 Å². The van der Waals surface area contributed by atoms with Gasteiger partial charge in [0.05, 0.1) is 12.2 Å². The van der Waals surface area contributed by atoms with Gasteiger partial charge in [0, 0.05) is 6.07 Å². The maximum absolute atomic E-state index is 11.6. The maximum Gasteiger partial charge on any atom is 0.339 e. The van der Waals surface area contributed by atoms with Crippen molar-refractivity contribution in [2.75, 3.05) is 11.3 Å². The van der Waals surface area contributed by atoms with Crippen LogP contribution in [0.1, 0.15) is 5.69 Å². The van der Waals surface area contributed by atoms with Crippen LogP contribution in [0.15, 0.2) is 10.6 Å². The van der Waals surface area contributed by atoms with Gasteiger partial charge in [0.25, 0.3) is 0 Å². The third-order valence-corrected chi connectivity index (χ3v) is 3.21. The molecular formula is C8H11N5O5S. The Labute approximate surface area is 108 Å². The van der Waals surface area contributed by atoms with Crippen molar-refractivity contribution in [3.8, 4) is 0 Å². The maximum atomic E-state index is 11.6. The van der Waals surface area contributed by atoms with E-state index in [0.29, 0.717) is 10.6 Å². The molecule has 1 unspecified atom stereocenters. The Morgan fingerprint density at radius 1 is 1.63 bits per heavy atom. The molecule has 1 saturated heterocycles. The third kappa shape index (κ3) is 2.82. The van der Waals surface area contributed by atoms with Crippen molar-refractivity contribution in [1.82, 2.24) is 14.8 Å². The van der Waals surface area contributed by atoms with Crippen molar-refractivity contribution < 1.29 is 22.5 Å². The molecule has 11 heteroatoms. The summed E-state index contributed by atoms with van der Waals surface area (Å²) in [4.78, 5) is 23.3. The average molecular weight is 289 g/mol. The standard InChI is InChI=1S/C8H11N5O5S/c1-4-2-6(18-10-4)11-19(16,17)12-8(15)13-3-5(9)7(13)14/h2,5,11H,3,9H2,1H3,(H,12,15). The minimum atomic E-state index is -4.20. The van der Waals surface area contributed by atoms with E-state index in [-0.39, 0.29) is 12.4 Å². The second-order valence-corrected chi connectivity index (χ2v) is 5.32. The Hall–Kier alpha value is -2.14. The number of hydrogen-bond acceptors (Lipinski definition) is 7. The van der Waals surface area contributed by atoms with Crippen LogP contribution in [0.5, 0.6) is 0 Å². The highest BCUT2D eigenvalue weighted by Gasteiger charge is 2.39. The van der Waals surface area contributed by atoms with E-state index >= 15 is 0 Å². The van der Waals surface area contributed by atoms with Crippen molar-refractivity contribution in [2.45, 2.75) is 13.0 Å². The summed E-state index contributed by atoms with van der Waals surface area (Å²) in [7, 11) is -4.20. The number of amides is 3. The third-order valence-electron chi connectivity index (χ3n) is 2.29. The van der Waals surface area contributed by atoms with E-state index in [2.05, 4.69) is 9.68 Å². The Morgan fingerprint density at radius 3 is 2.79 bits per heavy atom. The van der Waals surface area contributed by atoms with Crippen LogP contribution in [-0.4, -0.2) is 43.0 Å². The van der Waals surface area contributed by atoms with E-state index in [1.165, 1.54) is 6.07 Å². The summed E-state index contributed by atoms with van der Waals surface area (Å²) < 4.78 is 31.3. The number of urea groups is 1. The molecule has 1 atom stereocenters. The minimum Gasteiger partial charge on any atom is -0.338 e. The van der Waals surface area contributed by atoms with Gasteiger partial charge in [-0.05, 0) is 6.92 Å². The van der Waals surface area contributed by atoms with E-state index in [1.54, 1.807) is 11.6 Å². The molecule has 4 N–H and O–H groups in total. The van der Waals surface area contributed by atoms with Gasteiger partial charge < -0.3 is 10.3 Å². The number of imide groups is 1. The predicted molar refractivity (Wildman–Crippen MR) is 62.0 cm³/mol. The second-order valence-electron chi connectivity index (χ2n) is 3.90. The average Bonchev–Trinajstić information content (AvgIpc) is 2.69. The predicted octanol–water partition coefficient (Wildman–Crippen LogP) is -1.48. The van der Waals surface area contributed by atoms with Crippen LogP contribution >= 0.6 is 0 Å². The van der Waals surface area contributed by atoms with Gasteiger partial charge >= 0.3 is 16.2 Å². The number of anilines is 1. The molecule has 1 aliphatic heterocycles. The second kappa shape index (κ2) is 4.51. The van der Waals surface area contributed by atoms with Crippen LogP contribution in [0, 0.1) is 6.92 Å². The highest BCUT2D eigenvalue weighted by molar-refractivity contribution is 7.91. The van der Waals surface area contributed by atoms with Crippen LogP contribution < -0.4 is 15.2 Å². The normalized spacial score (nSPS) is 18.9. The number of likely N-dealkylation sites (tertiary alicyclic amines) is 1. The number of nitrogens with two attached hydrogens (primary N) is 1. The van der Waals surface area contributed by atoms with Crippen molar-refractivity contribution in [2.24, 2.45) is 5.73 Å². The first-order valence-corrected chi connectivity index (χ1v) is 6.61. The molecule has 1 aromatic rings. The number of nitrogens with one attached hydrogen (secondary N) is 2. The lowest BCUT2D eigenvalue weighted by Gasteiger charge is -2.33. The molecule has 0 saturated carbocycles. The van der Waals surface area contributed by atoms with Gasteiger partial charge in [-0.2, -0.15) is 8.42 Å². The zero-order chi connectivity index (χ0) is 14.2. The zero-order valence-electron chi connectivity index (χ0n) is 9.78. The molecule has 3 amide bonds. The fourth-order valence-electron chi connectivity index (χ4n) is 1.38. The number of carbonyl (C=O) groups excluding carboxylic acids is 2. The number of hydrogen-bond donors (Lipinski definition) is 3. The van der Waals surface area contributed by atoms with Gasteiger partial charge in [0.2, 0.25) is 11.8 Å². The molecule has 1 fully saturated rings. The Morgan fingerprint density at radius 2 is 2.32 bits per heavy atom. The number of carbonyl (C=O) groups is 2. The van der Waals surface area contributed by atoms with Crippen LogP contribution in [0.4, 0.5) is 10.7 Å². The van der Waals surface area contributed by atoms with Gasteiger partial charge in [-0.15, -0.1) is 0 Å². The molecule has 0 radical (unpaired) electrons. The van der Waals surface area contributed by atoms with E-state index in [9.17, 15) is 18.0 Å². The Balaban J connectivity index is 1.98. The number of β-lactam (4-membered cyclic amide) rings is 1. The molecule has 0 bridgehead atoms. The molecule has 2 heterocycles. The van der Waals surface area contributed by atoms with Gasteiger partial charge in [-0.3, -0.25) is 9.69 Å². The highest BCUT2D eigenvalue weighted by Crippen LogP contribution is 2.11. The van der Waals surface area contributed by atoms with E-state index in [0.717, 1.165) is 0 Å². The fraction of sp³-hybridized carbons (Fsp3) is 0.375. The molecule has 104 valence electrons. The Kier molecular flexibility index (Phi) is 3.16. The fourth-order valence-corrected chi connectivity index (χ4v) is 2.13. The van der Waals surface area contributed by atoms with E-state index in [4.69, 9.17) is 5.73 Å². The lowest BCUT2D eigenvalue weighted by molar-refractivity contribution is -0.137. The summed E-state index contributed by atoms with van der Waals surface area (Å²) in [6.45, 7) is 1.57. The smallest absolute Gasteiger partial charge is 0.338 e. The quantitative estimate of drug-likeness (QED) is 0.574. The summed E-state index contributed by atoms with van der Waals surface area (Å²) in [5, 5.41) is 3.47. The van der Waals surface area contributed by atoms with Crippen molar-refractivity contribution >= 4 is 28.0 Å². The molecule has 0 aromatic carbocycles. The minimum absolute atomic E-state index is 0.0262. The molecule has 1 aliphatic rings. The summed E-state index contributed by atoms with van der Waals surface area (Å²) in [5.41, 5.74) is 5.75. The zero-order valence-corrected chi connectivity index (χ0v) is 10.6. The van der Waals surface area contributed by atoms with Gasteiger partial charge in [0.15, 0.2) is 0 Å². The topological polar surface area (TPSA) is 148 Å². The first kappa shape index (κ1) is 13.3. The van der Waals surface area contributed by atoms with E-state index in [1.807, 2.05) is 4.72 Å². The molecule has 2 rings (SSSR count).